The molecule has 23 heavy (non-hydrogen) atoms. The molecule has 0 atom stereocenters. The van der Waals surface area contributed by atoms with E-state index in [0.29, 0.717) is 5.92 Å². The van der Waals surface area contributed by atoms with Crippen LogP contribution in [0.3, 0.4) is 0 Å². The van der Waals surface area contributed by atoms with Crippen molar-refractivity contribution < 1.29 is 0 Å². The van der Waals surface area contributed by atoms with Crippen molar-refractivity contribution in [3.8, 4) is 0 Å². The standard InChI is InChI=1S/C19H22N4/c1-14(2)19-11-20-10-18(22-19)8-16-4-6-17(7-5-16)13-23-12-15(3)9-21-23/h4-7,9-12,14H,8,13H2,1-3H3. The van der Waals surface area contributed by atoms with Crippen molar-refractivity contribution in [2.75, 3.05) is 0 Å². The predicted molar refractivity (Wildman–Crippen MR) is 91.4 cm³/mol. The van der Waals surface area contributed by atoms with E-state index in [1.807, 2.05) is 23.3 Å². The Kier molecular flexibility index (Phi) is 4.51. The van der Waals surface area contributed by atoms with Crippen molar-refractivity contribution in [1.82, 2.24) is 19.7 Å². The minimum absolute atomic E-state index is 0.405. The molecule has 0 saturated heterocycles. The van der Waals surface area contributed by atoms with Gasteiger partial charge in [-0.2, -0.15) is 5.10 Å². The topological polar surface area (TPSA) is 43.6 Å². The second-order valence-corrected chi connectivity index (χ2v) is 6.30. The highest BCUT2D eigenvalue weighted by Gasteiger charge is 2.04. The van der Waals surface area contributed by atoms with E-state index in [1.165, 1.54) is 16.7 Å². The molecule has 0 aliphatic heterocycles. The van der Waals surface area contributed by atoms with Crippen molar-refractivity contribution in [1.29, 1.82) is 0 Å². The largest absolute Gasteiger partial charge is 0.268 e. The summed E-state index contributed by atoms with van der Waals surface area (Å²) >= 11 is 0. The van der Waals surface area contributed by atoms with Crippen molar-refractivity contribution in [3.05, 3.63) is 77.1 Å². The average molecular weight is 306 g/mol. The predicted octanol–water partition coefficient (Wildman–Crippen LogP) is 3.74. The summed E-state index contributed by atoms with van der Waals surface area (Å²) < 4.78 is 1.96. The summed E-state index contributed by atoms with van der Waals surface area (Å²) in [7, 11) is 0. The fourth-order valence-corrected chi connectivity index (χ4v) is 2.50. The molecular weight excluding hydrogens is 284 g/mol. The summed E-state index contributed by atoms with van der Waals surface area (Å²) in [4.78, 5) is 8.99. The van der Waals surface area contributed by atoms with E-state index < -0.39 is 0 Å². The SMILES string of the molecule is Cc1cnn(Cc2ccc(Cc3cncc(C(C)C)n3)cc2)c1. The summed E-state index contributed by atoms with van der Waals surface area (Å²) in [6.07, 6.45) is 8.46. The molecule has 0 fully saturated rings. The number of nitrogens with zero attached hydrogens (tertiary/aromatic N) is 4. The van der Waals surface area contributed by atoms with Crippen LogP contribution in [-0.4, -0.2) is 19.7 Å². The quantitative estimate of drug-likeness (QED) is 0.721. The maximum atomic E-state index is 4.68. The maximum Gasteiger partial charge on any atom is 0.0659 e. The highest BCUT2D eigenvalue weighted by molar-refractivity contribution is 5.26. The number of rotatable bonds is 5. The molecule has 4 nitrogen and oxygen atoms in total. The lowest BCUT2D eigenvalue weighted by molar-refractivity contribution is 0.686. The summed E-state index contributed by atoms with van der Waals surface area (Å²) in [6.45, 7) is 7.13. The van der Waals surface area contributed by atoms with Gasteiger partial charge in [-0.25, -0.2) is 0 Å². The van der Waals surface area contributed by atoms with Gasteiger partial charge >= 0.3 is 0 Å². The second kappa shape index (κ2) is 6.73. The molecule has 0 radical (unpaired) electrons. The van der Waals surface area contributed by atoms with Crippen LogP contribution >= 0.6 is 0 Å². The first-order valence-corrected chi connectivity index (χ1v) is 7.98. The zero-order valence-electron chi connectivity index (χ0n) is 13.9. The van der Waals surface area contributed by atoms with Crippen molar-refractivity contribution in [3.63, 3.8) is 0 Å². The first kappa shape index (κ1) is 15.4. The first-order valence-electron chi connectivity index (χ1n) is 7.98. The van der Waals surface area contributed by atoms with Gasteiger partial charge in [0.05, 0.1) is 24.1 Å². The fraction of sp³-hybridized carbons (Fsp3) is 0.316. The summed E-state index contributed by atoms with van der Waals surface area (Å²) in [6, 6.07) is 8.64. The highest BCUT2D eigenvalue weighted by Crippen LogP contribution is 2.13. The maximum absolute atomic E-state index is 4.68. The van der Waals surface area contributed by atoms with E-state index >= 15 is 0 Å². The lowest BCUT2D eigenvalue weighted by atomic mass is 10.1. The third kappa shape index (κ3) is 4.03. The van der Waals surface area contributed by atoms with E-state index in [4.69, 9.17) is 0 Å². The minimum atomic E-state index is 0.405. The average Bonchev–Trinajstić information content (AvgIpc) is 2.94. The highest BCUT2D eigenvalue weighted by atomic mass is 15.3. The summed E-state index contributed by atoms with van der Waals surface area (Å²) in [5.74, 6) is 0.405. The van der Waals surface area contributed by atoms with Crippen LogP contribution in [-0.2, 0) is 13.0 Å². The van der Waals surface area contributed by atoms with Gasteiger partial charge in [-0.1, -0.05) is 38.1 Å². The van der Waals surface area contributed by atoms with Gasteiger partial charge in [-0.3, -0.25) is 14.6 Å². The molecular formula is C19H22N4. The van der Waals surface area contributed by atoms with Crippen LogP contribution in [0.15, 0.2) is 49.1 Å². The summed E-state index contributed by atoms with van der Waals surface area (Å²) in [5.41, 5.74) is 5.75. The van der Waals surface area contributed by atoms with Crippen molar-refractivity contribution >= 4 is 0 Å². The zero-order chi connectivity index (χ0) is 16.2. The lowest BCUT2D eigenvalue weighted by Crippen LogP contribution is -2.01. The number of benzene rings is 1. The van der Waals surface area contributed by atoms with E-state index in [-0.39, 0.29) is 0 Å². The van der Waals surface area contributed by atoms with Crippen LogP contribution in [0.1, 0.15) is 47.8 Å². The Hall–Kier alpha value is -2.49. The molecule has 0 saturated carbocycles. The van der Waals surface area contributed by atoms with Gasteiger partial charge in [-0.15, -0.1) is 0 Å². The smallest absolute Gasteiger partial charge is 0.0659 e. The van der Waals surface area contributed by atoms with Crippen LogP contribution in [0.25, 0.3) is 0 Å². The molecule has 0 aliphatic rings. The van der Waals surface area contributed by atoms with Crippen molar-refractivity contribution in [2.45, 2.75) is 39.7 Å². The Morgan fingerprint density at radius 1 is 1.00 bits per heavy atom. The van der Waals surface area contributed by atoms with Crippen LogP contribution < -0.4 is 0 Å². The normalized spacial score (nSPS) is 11.1. The number of hydrogen-bond acceptors (Lipinski definition) is 3. The lowest BCUT2D eigenvalue weighted by Gasteiger charge is -2.07. The van der Waals surface area contributed by atoms with Crippen LogP contribution in [0.5, 0.6) is 0 Å². The van der Waals surface area contributed by atoms with Gasteiger partial charge < -0.3 is 0 Å². The second-order valence-electron chi connectivity index (χ2n) is 6.30. The Morgan fingerprint density at radius 3 is 2.39 bits per heavy atom. The minimum Gasteiger partial charge on any atom is -0.268 e. The monoisotopic (exact) mass is 306 g/mol. The van der Waals surface area contributed by atoms with E-state index in [2.05, 4.69) is 66.3 Å². The Labute approximate surface area is 137 Å². The Morgan fingerprint density at radius 2 is 1.74 bits per heavy atom. The third-order valence-electron chi connectivity index (χ3n) is 3.81. The number of hydrogen-bond donors (Lipinski definition) is 0. The van der Waals surface area contributed by atoms with Gasteiger partial charge in [-0.05, 0) is 29.5 Å². The first-order chi connectivity index (χ1) is 11.1. The molecule has 4 heteroatoms. The molecule has 3 rings (SSSR count). The molecule has 0 spiro atoms. The molecule has 0 bridgehead atoms. The summed E-state index contributed by atoms with van der Waals surface area (Å²) in [5, 5.41) is 4.33. The van der Waals surface area contributed by atoms with Gasteiger partial charge in [0.25, 0.3) is 0 Å². The molecule has 0 aliphatic carbocycles. The molecule has 3 aromatic rings. The molecule has 1 aromatic carbocycles. The van der Waals surface area contributed by atoms with Gasteiger partial charge in [0.15, 0.2) is 0 Å². The van der Waals surface area contributed by atoms with E-state index in [0.717, 1.165) is 24.4 Å². The molecule has 118 valence electrons. The van der Waals surface area contributed by atoms with E-state index in [9.17, 15) is 0 Å². The van der Waals surface area contributed by atoms with Gasteiger partial charge in [0.1, 0.15) is 0 Å². The van der Waals surface area contributed by atoms with Crippen LogP contribution in [0.4, 0.5) is 0 Å². The number of aryl methyl sites for hydroxylation is 1. The molecule has 0 unspecified atom stereocenters. The van der Waals surface area contributed by atoms with Crippen LogP contribution in [0, 0.1) is 6.92 Å². The molecule has 2 heterocycles. The fourth-order valence-electron chi connectivity index (χ4n) is 2.50. The van der Waals surface area contributed by atoms with Gasteiger partial charge in [0, 0.05) is 25.0 Å². The zero-order valence-corrected chi connectivity index (χ0v) is 13.9. The molecule has 0 amide bonds. The van der Waals surface area contributed by atoms with Crippen molar-refractivity contribution in [2.24, 2.45) is 0 Å². The molecule has 0 N–H and O–H groups in total. The Bertz CT molecular complexity index is 772. The van der Waals surface area contributed by atoms with E-state index in [1.54, 1.807) is 0 Å². The van der Waals surface area contributed by atoms with Gasteiger partial charge in [0.2, 0.25) is 0 Å². The van der Waals surface area contributed by atoms with Crippen LogP contribution in [0.2, 0.25) is 0 Å². The third-order valence-corrected chi connectivity index (χ3v) is 3.81. The Balaban J connectivity index is 1.68. The molecule has 2 aromatic heterocycles. The number of aromatic nitrogens is 4.